The van der Waals surface area contributed by atoms with Crippen molar-refractivity contribution in [2.75, 3.05) is 6.54 Å². The van der Waals surface area contributed by atoms with E-state index in [0.717, 1.165) is 0 Å². The average molecular weight is 558 g/mol. The maximum absolute atomic E-state index is 13.9. The van der Waals surface area contributed by atoms with Crippen LogP contribution in [0.4, 0.5) is 4.79 Å². The van der Waals surface area contributed by atoms with Gasteiger partial charge < -0.3 is 30.8 Å². The summed E-state index contributed by atoms with van der Waals surface area (Å²) >= 11 is 0. The molecule has 38 heavy (non-hydrogen) atoms. The summed E-state index contributed by atoms with van der Waals surface area (Å²) in [6.45, 7) is 4.19. The van der Waals surface area contributed by atoms with Crippen LogP contribution in [-0.4, -0.2) is 58.9 Å². The van der Waals surface area contributed by atoms with Gasteiger partial charge in [-0.25, -0.2) is 13.2 Å². The monoisotopic (exact) mass is 557 g/mol. The Morgan fingerprint density at radius 2 is 1.53 bits per heavy atom. The van der Waals surface area contributed by atoms with E-state index in [0.29, 0.717) is 5.56 Å². The van der Waals surface area contributed by atoms with Crippen molar-refractivity contribution in [2.45, 2.75) is 50.3 Å². The van der Waals surface area contributed by atoms with Crippen LogP contribution < -0.4 is 45.9 Å². The number of amides is 2. The summed E-state index contributed by atoms with van der Waals surface area (Å²) < 4.78 is 42.3. The fraction of sp³-hybridized carbons (Fsp3) is 0.400. The van der Waals surface area contributed by atoms with E-state index in [-0.39, 0.29) is 48.3 Å². The smallest absolute Gasteiger partial charge is 0.745 e. The summed E-state index contributed by atoms with van der Waals surface area (Å²) in [5, 5.41) is 15.6. The Labute approximate surface area is 244 Å². The molecule has 0 spiro atoms. The van der Waals surface area contributed by atoms with E-state index in [1.54, 1.807) is 48.5 Å². The van der Waals surface area contributed by atoms with Gasteiger partial charge in [0.05, 0.1) is 6.04 Å². The van der Waals surface area contributed by atoms with Crippen LogP contribution in [0.25, 0.3) is 0 Å². The molecule has 3 atom stereocenters. The molecule has 2 aromatic carbocycles. The molecule has 5 N–H and O–H groups in total. The number of carbonyl (C=O) groups is 3. The van der Waals surface area contributed by atoms with Crippen molar-refractivity contribution in [3.8, 4) is 0 Å². The minimum Gasteiger partial charge on any atom is -0.745 e. The normalized spacial score (nSPS) is 15.2. The standard InChI is InChI=1S/C25H33N3O8S.Na/c1-4-27-22(30)25(32,37(33,34)35)24(26,15-18-11-7-5-8-12-18)21(29)20(17(2)3)28-23(31)36-16-19-13-9-6-10-14-19;/h5-14,17,20,32H,4,15-16,26H2,1-3H3,(H,27,30)(H,28,31)(H,33,34,35);/q;+1/p-1/t20-,24?,25?;/m0./s1. The third-order valence-corrected chi connectivity index (χ3v) is 7.09. The molecule has 2 amide bonds. The minimum atomic E-state index is -5.94. The fourth-order valence-corrected chi connectivity index (χ4v) is 4.73. The number of rotatable bonds is 12. The summed E-state index contributed by atoms with van der Waals surface area (Å²) in [6.07, 6.45) is -1.73. The first-order valence-electron chi connectivity index (χ1n) is 11.6. The van der Waals surface area contributed by atoms with E-state index in [1.807, 2.05) is 0 Å². The van der Waals surface area contributed by atoms with Crippen molar-refractivity contribution in [2.24, 2.45) is 11.7 Å². The first kappa shape index (κ1) is 33.7. The Hall–Kier alpha value is -2.32. The van der Waals surface area contributed by atoms with Gasteiger partial charge in [-0.3, -0.25) is 9.59 Å². The molecule has 2 unspecified atom stereocenters. The van der Waals surface area contributed by atoms with Crippen molar-refractivity contribution in [3.05, 3.63) is 71.8 Å². The fourth-order valence-electron chi connectivity index (χ4n) is 3.82. The molecule has 0 aromatic heterocycles. The third kappa shape index (κ3) is 7.63. The van der Waals surface area contributed by atoms with Gasteiger partial charge in [-0.05, 0) is 24.0 Å². The Morgan fingerprint density at radius 3 is 1.97 bits per heavy atom. The molecule has 0 aliphatic heterocycles. The second kappa shape index (κ2) is 14.2. The topological polar surface area (TPSA) is 188 Å². The van der Waals surface area contributed by atoms with Crippen molar-refractivity contribution in [1.82, 2.24) is 10.6 Å². The quantitative estimate of drug-likeness (QED) is 0.166. The van der Waals surface area contributed by atoms with Crippen molar-refractivity contribution in [3.63, 3.8) is 0 Å². The van der Waals surface area contributed by atoms with Crippen molar-refractivity contribution in [1.29, 1.82) is 0 Å². The van der Waals surface area contributed by atoms with Crippen LogP contribution in [0.5, 0.6) is 0 Å². The molecule has 11 nitrogen and oxygen atoms in total. The molecule has 0 aliphatic rings. The molecular weight excluding hydrogens is 525 g/mol. The van der Waals surface area contributed by atoms with Gasteiger partial charge >= 0.3 is 35.7 Å². The average Bonchev–Trinajstić information content (AvgIpc) is 2.85. The van der Waals surface area contributed by atoms with Crippen molar-refractivity contribution < 1.29 is 66.8 Å². The van der Waals surface area contributed by atoms with Crippen LogP contribution in [0, 0.1) is 5.92 Å². The van der Waals surface area contributed by atoms with E-state index in [9.17, 15) is 32.5 Å². The second-order valence-electron chi connectivity index (χ2n) is 8.88. The van der Waals surface area contributed by atoms with Gasteiger partial charge in [0.25, 0.3) is 10.8 Å². The number of ether oxygens (including phenoxy) is 1. The number of likely N-dealkylation sites (N-methyl/N-ethyl adjacent to an activating group) is 1. The minimum absolute atomic E-state index is 0. The Bertz CT molecular complexity index is 1200. The van der Waals surface area contributed by atoms with Crippen LogP contribution in [-0.2, 0) is 37.5 Å². The van der Waals surface area contributed by atoms with Crippen LogP contribution in [0.3, 0.4) is 0 Å². The van der Waals surface area contributed by atoms with E-state index in [1.165, 1.54) is 32.9 Å². The molecule has 0 aliphatic carbocycles. The van der Waals surface area contributed by atoms with Crippen LogP contribution >= 0.6 is 0 Å². The van der Waals surface area contributed by atoms with Gasteiger partial charge in [0.15, 0.2) is 5.78 Å². The Balaban J connectivity index is 0.00000722. The maximum atomic E-state index is 13.9. The Kier molecular flexibility index (Phi) is 12.6. The van der Waals surface area contributed by atoms with Gasteiger partial charge in [-0.2, -0.15) is 0 Å². The Morgan fingerprint density at radius 1 is 1.03 bits per heavy atom. The second-order valence-corrected chi connectivity index (χ2v) is 10.4. The predicted octanol–water partition coefficient (Wildman–Crippen LogP) is -2.18. The van der Waals surface area contributed by atoms with E-state index >= 15 is 0 Å². The number of nitrogens with one attached hydrogen (secondary N) is 2. The van der Waals surface area contributed by atoms with Gasteiger partial charge in [0.1, 0.15) is 22.3 Å². The SMILES string of the molecule is CCNC(=O)C(O)(C(N)(Cc1ccccc1)C(=O)[C@@H](NC(=O)OCc1ccccc1)C(C)C)S(=O)(=O)[O-].[Na+]. The van der Waals surface area contributed by atoms with Crippen LogP contribution in [0.1, 0.15) is 31.9 Å². The van der Waals surface area contributed by atoms with E-state index in [4.69, 9.17) is 10.5 Å². The molecule has 0 saturated heterocycles. The summed E-state index contributed by atoms with van der Waals surface area (Å²) in [6, 6.07) is 14.9. The number of ketones is 1. The number of hydrogen-bond acceptors (Lipinski definition) is 9. The number of Topliss-reactive ketones (excluding diaryl/α,β-unsaturated/α-hetero) is 1. The summed E-state index contributed by atoms with van der Waals surface area (Å²) in [4.78, 5) is 35.4. The first-order chi connectivity index (χ1) is 17.3. The van der Waals surface area contributed by atoms with Crippen LogP contribution in [0.15, 0.2) is 60.7 Å². The van der Waals surface area contributed by atoms with Crippen molar-refractivity contribution >= 4 is 27.9 Å². The van der Waals surface area contributed by atoms with E-state index in [2.05, 4.69) is 10.6 Å². The summed E-state index contributed by atoms with van der Waals surface area (Å²) in [5.41, 5.74) is 4.26. The molecule has 0 fully saturated rings. The van der Waals surface area contributed by atoms with Gasteiger partial charge in [-0.15, -0.1) is 0 Å². The largest absolute Gasteiger partial charge is 1.00 e. The number of aliphatic hydroxyl groups is 1. The van der Waals surface area contributed by atoms with Crippen LogP contribution in [0.2, 0.25) is 0 Å². The van der Waals surface area contributed by atoms with E-state index < -0.39 is 56.8 Å². The molecular formula is C25H32N3NaO8S. The molecule has 0 radical (unpaired) electrons. The zero-order valence-corrected chi connectivity index (χ0v) is 24.7. The number of nitrogens with two attached hydrogens (primary N) is 1. The van der Waals surface area contributed by atoms with Gasteiger partial charge in [0.2, 0.25) is 0 Å². The third-order valence-electron chi connectivity index (χ3n) is 5.81. The predicted molar refractivity (Wildman–Crippen MR) is 134 cm³/mol. The number of carbonyl (C=O) groups excluding carboxylic acids is 3. The molecule has 0 heterocycles. The molecule has 0 bridgehead atoms. The number of alkyl carbamates (subject to hydrolysis) is 1. The molecule has 2 rings (SSSR count). The number of benzene rings is 2. The maximum Gasteiger partial charge on any atom is 1.00 e. The zero-order chi connectivity index (χ0) is 27.9. The first-order valence-corrected chi connectivity index (χ1v) is 13.0. The van der Waals surface area contributed by atoms with Gasteiger partial charge in [-0.1, -0.05) is 74.5 Å². The molecule has 0 saturated carbocycles. The summed E-state index contributed by atoms with van der Waals surface area (Å²) in [7, 11) is -5.94. The molecule has 2 aromatic rings. The van der Waals surface area contributed by atoms with Gasteiger partial charge in [0, 0.05) is 13.0 Å². The summed E-state index contributed by atoms with van der Waals surface area (Å²) in [5.74, 6) is -3.59. The molecule has 13 heteroatoms. The zero-order valence-electron chi connectivity index (χ0n) is 21.8. The number of hydrogen-bond donors (Lipinski definition) is 4. The molecule has 202 valence electrons.